The highest BCUT2D eigenvalue weighted by atomic mass is 35.5. The fraction of sp³-hybridized carbons (Fsp3) is 0.222. The van der Waals surface area contributed by atoms with E-state index in [1.807, 2.05) is 0 Å². The predicted molar refractivity (Wildman–Crippen MR) is 108 cm³/mol. The van der Waals surface area contributed by atoms with Crippen LogP contribution in [0.3, 0.4) is 0 Å². The highest BCUT2D eigenvalue weighted by molar-refractivity contribution is 7.90. The van der Waals surface area contributed by atoms with Crippen molar-refractivity contribution in [2.75, 3.05) is 37.4 Å². The predicted octanol–water partition coefficient (Wildman–Crippen LogP) is 2.52. The molecule has 0 radical (unpaired) electrons. The minimum absolute atomic E-state index is 0.102. The second-order valence-electron chi connectivity index (χ2n) is 6.01. The van der Waals surface area contributed by atoms with Gasteiger partial charge >= 0.3 is 16.2 Å². The van der Waals surface area contributed by atoms with Crippen LogP contribution < -0.4 is 9.62 Å². The Morgan fingerprint density at radius 1 is 1.14 bits per heavy atom. The Kier molecular flexibility index (Phi) is 7.17. The number of hydrogen-bond acceptors (Lipinski definition) is 5. The summed E-state index contributed by atoms with van der Waals surface area (Å²) < 4.78 is 44.9. The van der Waals surface area contributed by atoms with E-state index in [-0.39, 0.29) is 22.0 Å². The van der Waals surface area contributed by atoms with Gasteiger partial charge in [-0.15, -0.1) is 0 Å². The highest BCUT2D eigenvalue weighted by Crippen LogP contribution is 2.24. The average molecular weight is 444 g/mol. The number of hydrogen-bond donors (Lipinski definition) is 1. The minimum Gasteiger partial charge on any atom is -0.465 e. The lowest BCUT2D eigenvalue weighted by Crippen LogP contribution is -2.44. The van der Waals surface area contributed by atoms with Gasteiger partial charge in [-0.1, -0.05) is 11.6 Å². The zero-order chi connectivity index (χ0) is 21.8. The number of esters is 1. The second-order valence-corrected chi connectivity index (χ2v) is 8.48. The molecule has 156 valence electrons. The molecule has 0 saturated heterocycles. The van der Waals surface area contributed by atoms with Crippen molar-refractivity contribution in [1.29, 1.82) is 0 Å². The topological polar surface area (TPSA) is 96.0 Å². The molecule has 0 atom stereocenters. The summed E-state index contributed by atoms with van der Waals surface area (Å²) in [5.41, 5.74) is 0.369. The first kappa shape index (κ1) is 22.6. The van der Waals surface area contributed by atoms with Crippen LogP contribution >= 0.6 is 11.6 Å². The number of nitrogens with zero attached hydrogens (tertiary/aromatic N) is 2. The first-order chi connectivity index (χ1) is 13.6. The van der Waals surface area contributed by atoms with Gasteiger partial charge in [0, 0.05) is 14.1 Å². The maximum Gasteiger partial charge on any atom is 0.337 e. The van der Waals surface area contributed by atoms with Crippen molar-refractivity contribution >= 4 is 45.1 Å². The summed E-state index contributed by atoms with van der Waals surface area (Å²) in [5, 5.41) is 2.62. The van der Waals surface area contributed by atoms with E-state index >= 15 is 0 Å². The van der Waals surface area contributed by atoms with Gasteiger partial charge < -0.3 is 10.1 Å². The Balaban J connectivity index is 2.31. The van der Waals surface area contributed by atoms with Gasteiger partial charge in [-0.3, -0.25) is 4.79 Å². The lowest BCUT2D eigenvalue weighted by atomic mass is 10.2. The number of amides is 1. The van der Waals surface area contributed by atoms with E-state index in [1.54, 1.807) is 0 Å². The van der Waals surface area contributed by atoms with Gasteiger partial charge in [0.1, 0.15) is 12.4 Å². The Morgan fingerprint density at radius 2 is 1.76 bits per heavy atom. The van der Waals surface area contributed by atoms with Gasteiger partial charge in [0.15, 0.2) is 0 Å². The number of carbonyl (C=O) groups is 2. The van der Waals surface area contributed by atoms with Crippen molar-refractivity contribution in [3.8, 4) is 0 Å². The standard InChI is InChI=1S/C18H19ClFN3O5S/c1-22(2)29(26,27)23(14-7-5-13(20)6-8-14)11-17(24)21-16-10-12(18(25)28-3)4-9-15(16)19/h4-10H,11H2,1-3H3,(H,21,24). The van der Waals surface area contributed by atoms with Crippen LogP contribution in [0, 0.1) is 5.82 Å². The molecule has 0 saturated carbocycles. The fourth-order valence-electron chi connectivity index (χ4n) is 2.30. The molecule has 2 aromatic carbocycles. The van der Waals surface area contributed by atoms with E-state index in [4.69, 9.17) is 11.6 Å². The van der Waals surface area contributed by atoms with Crippen molar-refractivity contribution < 1.29 is 27.1 Å². The van der Waals surface area contributed by atoms with E-state index in [0.717, 1.165) is 20.7 Å². The maximum atomic E-state index is 13.2. The van der Waals surface area contributed by atoms with Gasteiger partial charge in [-0.05, 0) is 42.5 Å². The van der Waals surface area contributed by atoms with Crippen molar-refractivity contribution in [2.45, 2.75) is 0 Å². The number of rotatable bonds is 7. The van der Waals surface area contributed by atoms with E-state index in [9.17, 15) is 22.4 Å². The summed E-state index contributed by atoms with van der Waals surface area (Å²) in [6.45, 7) is -0.606. The van der Waals surface area contributed by atoms with Crippen LogP contribution in [0.15, 0.2) is 42.5 Å². The molecule has 0 bridgehead atoms. The van der Waals surface area contributed by atoms with E-state index in [0.29, 0.717) is 0 Å². The third-order valence-electron chi connectivity index (χ3n) is 3.80. The van der Waals surface area contributed by atoms with Crippen molar-refractivity contribution in [3.63, 3.8) is 0 Å². The van der Waals surface area contributed by atoms with Crippen LogP contribution in [0.5, 0.6) is 0 Å². The van der Waals surface area contributed by atoms with Gasteiger partial charge in [-0.2, -0.15) is 12.7 Å². The normalized spacial score (nSPS) is 11.2. The number of halogens is 2. The molecule has 11 heteroatoms. The van der Waals surface area contributed by atoms with Gasteiger partial charge in [0.2, 0.25) is 5.91 Å². The number of carbonyl (C=O) groups excluding carboxylic acids is 2. The highest BCUT2D eigenvalue weighted by Gasteiger charge is 2.27. The zero-order valence-corrected chi connectivity index (χ0v) is 17.4. The fourth-order valence-corrected chi connectivity index (χ4v) is 3.52. The lowest BCUT2D eigenvalue weighted by Gasteiger charge is -2.27. The molecule has 8 nitrogen and oxygen atoms in total. The number of anilines is 2. The summed E-state index contributed by atoms with van der Waals surface area (Å²) in [5.74, 6) is -1.89. The number of benzene rings is 2. The molecule has 0 aliphatic heterocycles. The van der Waals surface area contributed by atoms with Crippen LogP contribution in [0.4, 0.5) is 15.8 Å². The zero-order valence-electron chi connectivity index (χ0n) is 15.8. The second kappa shape index (κ2) is 9.21. The molecule has 0 unspecified atom stereocenters. The van der Waals surface area contributed by atoms with Crippen molar-refractivity contribution in [2.24, 2.45) is 0 Å². The third-order valence-corrected chi connectivity index (χ3v) is 5.95. The molecule has 0 aliphatic rings. The molecule has 1 N–H and O–H groups in total. The van der Waals surface area contributed by atoms with E-state index in [2.05, 4.69) is 10.1 Å². The van der Waals surface area contributed by atoms with Gasteiger partial charge in [0.05, 0.1) is 29.1 Å². The monoisotopic (exact) mass is 443 g/mol. The van der Waals surface area contributed by atoms with E-state index < -0.39 is 34.4 Å². The molecule has 0 spiro atoms. The quantitative estimate of drug-likeness (QED) is 0.663. The number of methoxy groups -OCH3 is 1. The summed E-state index contributed by atoms with van der Waals surface area (Å²) in [6, 6.07) is 8.80. The van der Waals surface area contributed by atoms with Crippen LogP contribution in [-0.4, -0.2) is 52.3 Å². The molecule has 29 heavy (non-hydrogen) atoms. The smallest absolute Gasteiger partial charge is 0.337 e. The van der Waals surface area contributed by atoms with Crippen LogP contribution in [0.2, 0.25) is 5.02 Å². The van der Waals surface area contributed by atoms with Crippen LogP contribution in [0.25, 0.3) is 0 Å². The molecule has 0 aromatic heterocycles. The Labute approximate surface area is 173 Å². The first-order valence-electron chi connectivity index (χ1n) is 8.19. The van der Waals surface area contributed by atoms with Crippen molar-refractivity contribution in [1.82, 2.24) is 4.31 Å². The molecule has 0 fully saturated rings. The molecule has 1 amide bonds. The number of nitrogens with one attached hydrogen (secondary N) is 1. The number of ether oxygens (including phenoxy) is 1. The Bertz CT molecular complexity index is 1010. The van der Waals surface area contributed by atoms with Gasteiger partial charge in [0.25, 0.3) is 0 Å². The summed E-state index contributed by atoms with van der Waals surface area (Å²) in [7, 11) is -0.229. The molecule has 0 heterocycles. The minimum atomic E-state index is -4.05. The Hall–Kier alpha value is -2.69. The molecule has 2 rings (SSSR count). The lowest BCUT2D eigenvalue weighted by molar-refractivity contribution is -0.114. The third kappa shape index (κ3) is 5.43. The molecular weight excluding hydrogens is 425 g/mol. The Morgan fingerprint density at radius 3 is 2.31 bits per heavy atom. The summed E-state index contributed by atoms with van der Waals surface area (Å²) in [4.78, 5) is 24.2. The SMILES string of the molecule is COC(=O)c1ccc(Cl)c(NC(=O)CN(c2ccc(F)cc2)S(=O)(=O)N(C)C)c1. The largest absolute Gasteiger partial charge is 0.465 e. The summed E-state index contributed by atoms with van der Waals surface area (Å²) in [6.07, 6.45) is 0. The molecular formula is C18H19ClFN3O5S. The van der Waals surface area contributed by atoms with Gasteiger partial charge in [-0.25, -0.2) is 13.5 Å². The first-order valence-corrected chi connectivity index (χ1v) is 9.97. The van der Waals surface area contributed by atoms with E-state index in [1.165, 1.54) is 51.5 Å². The summed E-state index contributed by atoms with van der Waals surface area (Å²) >= 11 is 6.05. The van der Waals surface area contributed by atoms with Crippen LogP contribution in [0.1, 0.15) is 10.4 Å². The maximum absolute atomic E-state index is 13.2. The average Bonchev–Trinajstić information content (AvgIpc) is 2.67. The molecule has 2 aromatic rings. The molecule has 0 aliphatic carbocycles. The van der Waals surface area contributed by atoms with Crippen LogP contribution in [-0.2, 0) is 19.7 Å². The van der Waals surface area contributed by atoms with Crippen molar-refractivity contribution in [3.05, 3.63) is 58.9 Å².